The van der Waals surface area contributed by atoms with Crippen LogP contribution < -0.4 is 5.32 Å². The van der Waals surface area contributed by atoms with Gasteiger partial charge in [0, 0.05) is 16.5 Å². The van der Waals surface area contributed by atoms with E-state index in [-0.39, 0.29) is 24.2 Å². The summed E-state index contributed by atoms with van der Waals surface area (Å²) in [5, 5.41) is 3.23. The van der Waals surface area contributed by atoms with E-state index in [1.165, 1.54) is 0 Å². The summed E-state index contributed by atoms with van der Waals surface area (Å²) < 4.78 is 0. The first-order valence-electron chi connectivity index (χ1n) is 5.23. The van der Waals surface area contributed by atoms with Crippen LogP contribution in [0.5, 0.6) is 0 Å². The lowest BCUT2D eigenvalue weighted by molar-refractivity contribution is -0.122. The molecular formula is C12H12ClNO2. The summed E-state index contributed by atoms with van der Waals surface area (Å²) >= 11 is 5.71. The zero-order chi connectivity index (χ0) is 11.5. The third-order valence-corrected chi connectivity index (χ3v) is 2.79. The Morgan fingerprint density at radius 2 is 1.88 bits per heavy atom. The smallest absolute Gasteiger partial charge is 0.223 e. The summed E-state index contributed by atoms with van der Waals surface area (Å²) in [6, 6.07) is 6.65. The van der Waals surface area contributed by atoms with Gasteiger partial charge in [-0.2, -0.15) is 0 Å². The van der Waals surface area contributed by atoms with Crippen LogP contribution >= 0.6 is 11.6 Å². The molecule has 1 fully saturated rings. The number of Topliss-reactive ketones (excluding diaryl/α,β-unsaturated/α-hetero) is 1. The number of carbonyl (C=O) groups is 2. The molecule has 4 heteroatoms. The Kier molecular flexibility index (Phi) is 3.25. The lowest BCUT2D eigenvalue weighted by atomic mass is 10.1. The normalized spacial score (nSPS) is 14.6. The van der Waals surface area contributed by atoms with Crippen molar-refractivity contribution in [1.29, 1.82) is 0 Å². The zero-order valence-corrected chi connectivity index (χ0v) is 9.46. The molecule has 1 aliphatic rings. The number of hydrogen-bond acceptors (Lipinski definition) is 2. The molecule has 1 N–H and O–H groups in total. The summed E-state index contributed by atoms with van der Waals surface area (Å²) in [5.74, 6) is 0.0333. The predicted octanol–water partition coefficient (Wildman–Crippen LogP) is 2.05. The second-order valence-corrected chi connectivity index (χ2v) is 4.36. The van der Waals surface area contributed by atoms with Crippen LogP contribution in [-0.2, 0) is 4.79 Å². The van der Waals surface area contributed by atoms with E-state index in [0.29, 0.717) is 10.6 Å². The quantitative estimate of drug-likeness (QED) is 0.815. The molecule has 2 rings (SSSR count). The van der Waals surface area contributed by atoms with Gasteiger partial charge in [0.25, 0.3) is 0 Å². The number of amides is 1. The minimum atomic E-state index is -0.0920. The van der Waals surface area contributed by atoms with Gasteiger partial charge in [0.2, 0.25) is 5.91 Å². The molecule has 0 aliphatic heterocycles. The van der Waals surface area contributed by atoms with Crippen LogP contribution in [0, 0.1) is 5.92 Å². The van der Waals surface area contributed by atoms with Crippen molar-refractivity contribution in [3.8, 4) is 0 Å². The third-order valence-electron chi connectivity index (χ3n) is 2.54. The Hall–Kier alpha value is -1.35. The molecule has 84 valence electrons. The van der Waals surface area contributed by atoms with Gasteiger partial charge < -0.3 is 5.32 Å². The van der Waals surface area contributed by atoms with Crippen LogP contribution in [0.2, 0.25) is 5.02 Å². The van der Waals surface area contributed by atoms with Crippen molar-refractivity contribution in [2.75, 3.05) is 6.54 Å². The van der Waals surface area contributed by atoms with Gasteiger partial charge in [-0.25, -0.2) is 0 Å². The summed E-state index contributed by atoms with van der Waals surface area (Å²) in [4.78, 5) is 23.0. The molecule has 0 spiro atoms. The van der Waals surface area contributed by atoms with Crippen molar-refractivity contribution in [1.82, 2.24) is 5.32 Å². The topological polar surface area (TPSA) is 46.2 Å². The van der Waals surface area contributed by atoms with E-state index in [1.807, 2.05) is 0 Å². The van der Waals surface area contributed by atoms with Crippen LogP contribution in [0.15, 0.2) is 24.3 Å². The van der Waals surface area contributed by atoms with Gasteiger partial charge in [-0.15, -0.1) is 0 Å². The highest BCUT2D eigenvalue weighted by molar-refractivity contribution is 6.30. The maximum atomic E-state index is 11.6. The molecule has 1 aromatic carbocycles. The maximum absolute atomic E-state index is 11.6. The molecule has 0 unspecified atom stereocenters. The first-order valence-corrected chi connectivity index (χ1v) is 5.61. The highest BCUT2D eigenvalue weighted by Crippen LogP contribution is 2.28. The van der Waals surface area contributed by atoms with Crippen molar-refractivity contribution >= 4 is 23.3 Å². The van der Waals surface area contributed by atoms with Crippen molar-refractivity contribution in [2.45, 2.75) is 12.8 Å². The fourth-order valence-electron chi connectivity index (χ4n) is 1.40. The number of halogens is 1. The molecule has 0 bridgehead atoms. The molecule has 0 aromatic heterocycles. The number of hydrogen-bond donors (Lipinski definition) is 1. The summed E-state index contributed by atoms with van der Waals surface area (Å²) in [7, 11) is 0. The van der Waals surface area contributed by atoms with Crippen molar-refractivity contribution in [3.63, 3.8) is 0 Å². The van der Waals surface area contributed by atoms with E-state index in [0.717, 1.165) is 12.8 Å². The van der Waals surface area contributed by atoms with Crippen LogP contribution in [0.3, 0.4) is 0 Å². The number of ketones is 1. The molecule has 1 amide bonds. The van der Waals surface area contributed by atoms with Crippen LogP contribution in [0.1, 0.15) is 23.2 Å². The maximum Gasteiger partial charge on any atom is 0.223 e. The summed E-state index contributed by atoms with van der Waals surface area (Å²) in [5.41, 5.74) is 0.570. The number of carbonyl (C=O) groups excluding carboxylic acids is 2. The zero-order valence-electron chi connectivity index (χ0n) is 8.70. The highest BCUT2D eigenvalue weighted by atomic mass is 35.5. The first-order chi connectivity index (χ1) is 7.66. The van der Waals surface area contributed by atoms with Crippen molar-refractivity contribution < 1.29 is 9.59 Å². The van der Waals surface area contributed by atoms with Crippen molar-refractivity contribution in [3.05, 3.63) is 34.9 Å². The molecule has 0 heterocycles. The number of nitrogens with one attached hydrogen (secondary N) is 1. The minimum absolute atomic E-state index is 0.0117. The van der Waals surface area contributed by atoms with E-state index in [1.54, 1.807) is 24.3 Å². The Labute approximate surface area is 98.8 Å². The Balaban J connectivity index is 1.87. The lowest BCUT2D eigenvalue weighted by Gasteiger charge is -2.03. The number of benzene rings is 1. The average Bonchev–Trinajstić information content (AvgIpc) is 3.10. The van der Waals surface area contributed by atoms with Crippen LogP contribution in [0.25, 0.3) is 0 Å². The van der Waals surface area contributed by atoms with Crippen molar-refractivity contribution in [2.24, 2.45) is 5.92 Å². The summed E-state index contributed by atoms with van der Waals surface area (Å²) in [6.45, 7) is 0.0664. The molecule has 1 aliphatic carbocycles. The largest absolute Gasteiger partial charge is 0.348 e. The second kappa shape index (κ2) is 4.66. The van der Waals surface area contributed by atoms with E-state index in [9.17, 15) is 9.59 Å². The van der Waals surface area contributed by atoms with Gasteiger partial charge in [0.1, 0.15) is 0 Å². The molecule has 3 nitrogen and oxygen atoms in total. The average molecular weight is 238 g/mol. The van der Waals surface area contributed by atoms with E-state index < -0.39 is 0 Å². The minimum Gasteiger partial charge on any atom is -0.348 e. The molecule has 0 atom stereocenters. The second-order valence-electron chi connectivity index (χ2n) is 3.92. The Bertz CT molecular complexity index is 410. The monoisotopic (exact) mass is 237 g/mol. The fourth-order valence-corrected chi connectivity index (χ4v) is 1.52. The molecule has 0 radical (unpaired) electrons. The Morgan fingerprint density at radius 1 is 1.25 bits per heavy atom. The lowest BCUT2D eigenvalue weighted by Crippen LogP contribution is -2.30. The highest BCUT2D eigenvalue weighted by Gasteiger charge is 2.29. The van der Waals surface area contributed by atoms with Gasteiger partial charge in [0.05, 0.1) is 6.54 Å². The standard InChI is InChI=1S/C12H12ClNO2/c13-10-5-3-8(4-6-10)11(15)7-14-12(16)9-1-2-9/h3-6,9H,1-2,7H2,(H,14,16). The van der Waals surface area contributed by atoms with E-state index >= 15 is 0 Å². The van der Waals surface area contributed by atoms with E-state index in [2.05, 4.69) is 5.32 Å². The van der Waals surface area contributed by atoms with Gasteiger partial charge in [-0.1, -0.05) is 11.6 Å². The van der Waals surface area contributed by atoms with Gasteiger partial charge in [-0.05, 0) is 37.1 Å². The SMILES string of the molecule is O=C(CNC(=O)C1CC1)c1ccc(Cl)cc1. The summed E-state index contributed by atoms with van der Waals surface area (Å²) in [6.07, 6.45) is 1.89. The van der Waals surface area contributed by atoms with Gasteiger partial charge >= 0.3 is 0 Å². The van der Waals surface area contributed by atoms with E-state index in [4.69, 9.17) is 11.6 Å². The number of rotatable bonds is 4. The van der Waals surface area contributed by atoms with Gasteiger partial charge in [-0.3, -0.25) is 9.59 Å². The van der Waals surface area contributed by atoms with Gasteiger partial charge in [0.15, 0.2) is 5.78 Å². The Morgan fingerprint density at radius 3 is 2.44 bits per heavy atom. The fraction of sp³-hybridized carbons (Fsp3) is 0.333. The molecule has 1 aromatic rings. The van der Waals surface area contributed by atoms with Crippen LogP contribution in [-0.4, -0.2) is 18.2 Å². The molecular weight excluding hydrogens is 226 g/mol. The predicted molar refractivity (Wildman–Crippen MR) is 61.5 cm³/mol. The van der Waals surface area contributed by atoms with Crippen LogP contribution in [0.4, 0.5) is 0 Å². The molecule has 16 heavy (non-hydrogen) atoms. The first kappa shape index (κ1) is 11.1. The molecule has 0 saturated heterocycles. The molecule has 1 saturated carbocycles. The third kappa shape index (κ3) is 2.83.